The Morgan fingerprint density at radius 3 is 2.76 bits per heavy atom. The number of rotatable bonds is 3. The molecule has 2 aromatic rings. The molecule has 0 saturated carbocycles. The number of carbonyl (C=O) groups is 1. The number of aromatic nitrogens is 2. The molecule has 2 saturated heterocycles. The summed E-state index contributed by atoms with van der Waals surface area (Å²) in [5.74, 6) is 0.968. The zero-order valence-corrected chi connectivity index (χ0v) is 15.5. The number of piperazine rings is 1. The second kappa shape index (κ2) is 6.38. The molecule has 0 unspecified atom stereocenters. The molecule has 0 radical (unpaired) electrons. The molecule has 0 aromatic carbocycles. The van der Waals surface area contributed by atoms with Gasteiger partial charge in [-0.2, -0.15) is 11.3 Å². The van der Waals surface area contributed by atoms with Crippen LogP contribution in [0.2, 0.25) is 0 Å². The van der Waals surface area contributed by atoms with Gasteiger partial charge in [0.25, 0.3) is 0 Å². The monoisotopic (exact) mass is 357 g/mol. The van der Waals surface area contributed by atoms with Crippen LogP contribution in [0.3, 0.4) is 0 Å². The number of aryl methyl sites for hydroxylation is 1. The maximum Gasteiger partial charge on any atom is 0.241 e. The number of likely N-dealkylation sites (N-methyl/N-ethyl adjacent to an activating group) is 1. The maximum absolute atomic E-state index is 12.5. The van der Waals surface area contributed by atoms with Crippen LogP contribution in [0.15, 0.2) is 29.2 Å². The van der Waals surface area contributed by atoms with Crippen LogP contribution in [0.1, 0.15) is 18.9 Å². The van der Waals surface area contributed by atoms with Crippen LogP contribution < -0.4 is 9.80 Å². The van der Waals surface area contributed by atoms with E-state index in [0.29, 0.717) is 6.54 Å². The van der Waals surface area contributed by atoms with Crippen LogP contribution in [-0.2, 0) is 11.2 Å². The molecular formula is C18H23N5OS. The normalized spacial score (nSPS) is 24.5. The zero-order chi connectivity index (χ0) is 17.4. The average Bonchev–Trinajstić information content (AvgIpc) is 3.29. The van der Waals surface area contributed by atoms with Gasteiger partial charge in [0.05, 0.1) is 17.8 Å². The Morgan fingerprint density at radius 2 is 2.08 bits per heavy atom. The minimum absolute atomic E-state index is 0.0391. The number of hydrogen-bond acceptors (Lipinski definition) is 6. The maximum atomic E-state index is 12.5. The highest BCUT2D eigenvalue weighted by molar-refractivity contribution is 7.08. The van der Waals surface area contributed by atoms with Crippen molar-refractivity contribution >= 4 is 28.9 Å². The third-order valence-corrected chi connectivity index (χ3v) is 6.14. The average molecular weight is 357 g/mol. The third kappa shape index (κ3) is 2.91. The van der Waals surface area contributed by atoms with Gasteiger partial charge in [-0.15, -0.1) is 0 Å². The molecular weight excluding hydrogens is 334 g/mol. The molecule has 2 aromatic heterocycles. The number of anilines is 2. The minimum Gasteiger partial charge on any atom is -0.339 e. The summed E-state index contributed by atoms with van der Waals surface area (Å²) in [7, 11) is 2.06. The van der Waals surface area contributed by atoms with Crippen LogP contribution >= 0.6 is 11.3 Å². The van der Waals surface area contributed by atoms with E-state index < -0.39 is 0 Å². The number of hydrogen-bond donors (Lipinski definition) is 0. The quantitative estimate of drug-likeness (QED) is 0.841. The van der Waals surface area contributed by atoms with E-state index in [1.165, 1.54) is 0 Å². The van der Waals surface area contributed by atoms with Crippen molar-refractivity contribution in [2.24, 2.45) is 0 Å². The van der Waals surface area contributed by atoms with Gasteiger partial charge in [0, 0.05) is 37.4 Å². The molecule has 0 bridgehead atoms. The molecule has 0 aliphatic carbocycles. The minimum atomic E-state index is -0.0391. The van der Waals surface area contributed by atoms with Gasteiger partial charge in [-0.25, -0.2) is 9.97 Å². The first-order valence-corrected chi connectivity index (χ1v) is 9.65. The highest BCUT2D eigenvalue weighted by atomic mass is 32.1. The lowest BCUT2D eigenvalue weighted by atomic mass is 9.93. The highest BCUT2D eigenvalue weighted by Gasteiger charge is 2.48. The lowest BCUT2D eigenvalue weighted by Crippen LogP contribution is -2.64. The Kier molecular flexibility index (Phi) is 4.21. The van der Waals surface area contributed by atoms with Crippen LogP contribution in [-0.4, -0.2) is 59.5 Å². The van der Waals surface area contributed by atoms with E-state index >= 15 is 0 Å². The van der Waals surface area contributed by atoms with Gasteiger partial charge in [0.2, 0.25) is 11.9 Å². The summed E-state index contributed by atoms with van der Waals surface area (Å²) < 4.78 is 0. The molecule has 6 nitrogen and oxygen atoms in total. The SMILES string of the molecule is CCc1cnc(N2CC[C@@]3(C2)CN(c2ccsc2)C(=O)CN3C)nc1. The van der Waals surface area contributed by atoms with Crippen LogP contribution in [0.4, 0.5) is 11.6 Å². The Hall–Kier alpha value is -1.99. The molecule has 1 spiro atoms. The van der Waals surface area contributed by atoms with Gasteiger partial charge in [-0.1, -0.05) is 6.92 Å². The van der Waals surface area contributed by atoms with E-state index in [-0.39, 0.29) is 11.4 Å². The topological polar surface area (TPSA) is 52.6 Å². The van der Waals surface area contributed by atoms with Gasteiger partial charge in [0.1, 0.15) is 0 Å². The smallest absolute Gasteiger partial charge is 0.241 e. The van der Waals surface area contributed by atoms with Gasteiger partial charge in [-0.05, 0) is 36.9 Å². The van der Waals surface area contributed by atoms with E-state index in [2.05, 4.69) is 39.1 Å². The molecule has 0 N–H and O–H groups in total. The van der Waals surface area contributed by atoms with Crippen LogP contribution in [0.5, 0.6) is 0 Å². The molecule has 4 heterocycles. The fourth-order valence-corrected chi connectivity index (χ4v) is 4.41. The third-order valence-electron chi connectivity index (χ3n) is 5.47. The van der Waals surface area contributed by atoms with Crippen molar-refractivity contribution in [1.29, 1.82) is 0 Å². The number of carbonyl (C=O) groups excluding carboxylic acids is 1. The highest BCUT2D eigenvalue weighted by Crippen LogP contribution is 2.35. The van der Waals surface area contributed by atoms with Crippen molar-refractivity contribution < 1.29 is 4.79 Å². The molecule has 132 valence electrons. The van der Waals surface area contributed by atoms with E-state index in [1.54, 1.807) is 11.3 Å². The lowest BCUT2D eigenvalue weighted by molar-refractivity contribution is -0.123. The van der Waals surface area contributed by atoms with Crippen molar-refractivity contribution in [2.45, 2.75) is 25.3 Å². The molecule has 2 aliphatic heterocycles. The zero-order valence-electron chi connectivity index (χ0n) is 14.7. The summed E-state index contributed by atoms with van der Waals surface area (Å²) in [4.78, 5) is 28.0. The van der Waals surface area contributed by atoms with Crippen molar-refractivity contribution in [3.8, 4) is 0 Å². The molecule has 2 aliphatic rings. The first-order valence-electron chi connectivity index (χ1n) is 8.71. The van der Waals surface area contributed by atoms with Gasteiger partial charge >= 0.3 is 0 Å². The fourth-order valence-electron chi connectivity index (χ4n) is 3.77. The number of nitrogens with zero attached hydrogens (tertiary/aromatic N) is 5. The first kappa shape index (κ1) is 16.5. The molecule has 7 heteroatoms. The fraction of sp³-hybridized carbons (Fsp3) is 0.500. The van der Waals surface area contributed by atoms with Crippen LogP contribution in [0.25, 0.3) is 0 Å². The van der Waals surface area contributed by atoms with Gasteiger partial charge in [-0.3, -0.25) is 9.69 Å². The van der Waals surface area contributed by atoms with Crippen molar-refractivity contribution in [2.75, 3.05) is 43.0 Å². The largest absolute Gasteiger partial charge is 0.339 e. The van der Waals surface area contributed by atoms with Gasteiger partial charge < -0.3 is 9.80 Å². The van der Waals surface area contributed by atoms with Crippen LogP contribution in [0, 0.1) is 0 Å². The molecule has 4 rings (SSSR count). The first-order chi connectivity index (χ1) is 12.1. The van der Waals surface area contributed by atoms with Crippen molar-refractivity contribution in [1.82, 2.24) is 14.9 Å². The second-order valence-corrected chi connectivity index (χ2v) is 7.74. The molecule has 25 heavy (non-hydrogen) atoms. The van der Waals surface area contributed by atoms with E-state index in [0.717, 1.165) is 49.7 Å². The standard InChI is InChI=1S/C18H23N5OS/c1-3-14-8-19-17(20-9-14)22-6-5-18(12-22)13-23(15-4-7-25-11-15)16(24)10-21(18)2/h4,7-9,11H,3,5-6,10,12-13H2,1-2H3/t18-/m1/s1. The van der Waals surface area contributed by atoms with E-state index in [4.69, 9.17) is 0 Å². The second-order valence-electron chi connectivity index (χ2n) is 6.96. The summed E-state index contributed by atoms with van der Waals surface area (Å²) in [5, 5.41) is 4.08. The Labute approximate surface area is 152 Å². The lowest BCUT2D eigenvalue weighted by Gasteiger charge is -2.46. The Bertz CT molecular complexity index is 747. The summed E-state index contributed by atoms with van der Waals surface area (Å²) in [6.45, 7) is 5.06. The number of amides is 1. The summed E-state index contributed by atoms with van der Waals surface area (Å²) in [6.07, 6.45) is 5.79. The summed E-state index contributed by atoms with van der Waals surface area (Å²) >= 11 is 1.63. The van der Waals surface area contributed by atoms with Crippen molar-refractivity contribution in [3.05, 3.63) is 34.8 Å². The number of thiophene rings is 1. The Balaban J connectivity index is 1.55. The van der Waals surface area contributed by atoms with E-state index in [9.17, 15) is 4.79 Å². The summed E-state index contributed by atoms with van der Waals surface area (Å²) in [5.41, 5.74) is 2.13. The van der Waals surface area contributed by atoms with Crippen molar-refractivity contribution in [3.63, 3.8) is 0 Å². The predicted molar refractivity (Wildman–Crippen MR) is 100 cm³/mol. The molecule has 1 atom stereocenters. The summed E-state index contributed by atoms with van der Waals surface area (Å²) in [6, 6.07) is 2.03. The molecule has 2 fully saturated rings. The van der Waals surface area contributed by atoms with E-state index in [1.807, 2.05) is 28.7 Å². The molecule has 1 amide bonds. The van der Waals surface area contributed by atoms with Gasteiger partial charge in [0.15, 0.2) is 0 Å². The predicted octanol–water partition coefficient (Wildman–Crippen LogP) is 2.03. The Morgan fingerprint density at radius 1 is 1.28 bits per heavy atom.